The number of rotatable bonds is 5. The van der Waals surface area contributed by atoms with E-state index in [1.54, 1.807) is 32.3 Å². The van der Waals surface area contributed by atoms with E-state index in [1.165, 1.54) is 4.90 Å². The van der Waals surface area contributed by atoms with Gasteiger partial charge < -0.3 is 21.7 Å². The maximum atomic E-state index is 11.9. The summed E-state index contributed by atoms with van der Waals surface area (Å²) in [6.07, 6.45) is 0.165. The highest BCUT2D eigenvalue weighted by Gasteiger charge is 2.22. The normalized spacial score (nSPS) is 11.0. The lowest BCUT2D eigenvalue weighted by Gasteiger charge is -2.27. The molecule has 0 bridgehead atoms. The predicted octanol–water partition coefficient (Wildman–Crippen LogP) is 1.04. The van der Waals surface area contributed by atoms with Crippen molar-refractivity contribution < 1.29 is 9.59 Å². The summed E-state index contributed by atoms with van der Waals surface area (Å²) in [5.74, 6) is -0.512. The molecular weight excluding hydrogens is 256 g/mol. The van der Waals surface area contributed by atoms with Crippen molar-refractivity contribution in [2.45, 2.75) is 25.8 Å². The molecule has 0 aliphatic heterocycles. The first-order valence-corrected chi connectivity index (χ1v) is 6.30. The molecule has 0 saturated heterocycles. The van der Waals surface area contributed by atoms with Gasteiger partial charge in [-0.2, -0.15) is 0 Å². The van der Waals surface area contributed by atoms with E-state index < -0.39 is 11.4 Å². The van der Waals surface area contributed by atoms with Gasteiger partial charge in [-0.05, 0) is 32.0 Å². The molecular formula is C14H22N4O2. The second-order valence-corrected chi connectivity index (χ2v) is 5.65. The molecule has 1 rings (SSSR count). The summed E-state index contributed by atoms with van der Waals surface area (Å²) in [7, 11) is 3.37. The smallest absolute Gasteiger partial charge is 0.253 e. The zero-order valence-corrected chi connectivity index (χ0v) is 12.4. The highest BCUT2D eigenvalue weighted by atomic mass is 16.2. The molecule has 0 atom stereocenters. The van der Waals surface area contributed by atoms with E-state index in [0.717, 1.165) is 0 Å². The number of hydrogen-bond acceptors (Lipinski definition) is 4. The van der Waals surface area contributed by atoms with Gasteiger partial charge >= 0.3 is 0 Å². The third-order valence-corrected chi connectivity index (χ3v) is 2.80. The Hall–Kier alpha value is -2.24. The van der Waals surface area contributed by atoms with Crippen LogP contribution in [0.3, 0.4) is 0 Å². The summed E-state index contributed by atoms with van der Waals surface area (Å²) in [5, 5.41) is 3.16. The van der Waals surface area contributed by atoms with Crippen LogP contribution in [0.15, 0.2) is 18.2 Å². The topological polar surface area (TPSA) is 101 Å². The van der Waals surface area contributed by atoms with Crippen LogP contribution >= 0.6 is 0 Å². The first-order chi connectivity index (χ1) is 9.12. The Morgan fingerprint density at radius 2 is 1.90 bits per heavy atom. The number of nitrogens with one attached hydrogen (secondary N) is 1. The Morgan fingerprint density at radius 1 is 1.30 bits per heavy atom. The average molecular weight is 278 g/mol. The number of anilines is 2. The molecule has 0 radical (unpaired) electrons. The van der Waals surface area contributed by atoms with Crippen LogP contribution in [0.1, 0.15) is 30.6 Å². The lowest BCUT2D eigenvalue weighted by Crippen LogP contribution is -2.36. The fraction of sp³-hybridized carbons (Fsp3) is 0.429. The molecule has 0 saturated carbocycles. The van der Waals surface area contributed by atoms with Crippen molar-refractivity contribution in [1.29, 1.82) is 0 Å². The number of benzene rings is 1. The molecule has 2 amide bonds. The minimum absolute atomic E-state index is 0.110. The summed E-state index contributed by atoms with van der Waals surface area (Å²) in [6.45, 7) is 3.69. The van der Waals surface area contributed by atoms with E-state index in [1.807, 2.05) is 13.8 Å². The highest BCUT2D eigenvalue weighted by molar-refractivity contribution is 5.96. The lowest BCUT2D eigenvalue weighted by atomic mass is 9.99. The number of nitrogen functional groups attached to an aromatic ring is 1. The van der Waals surface area contributed by atoms with E-state index in [0.29, 0.717) is 16.9 Å². The van der Waals surface area contributed by atoms with Crippen LogP contribution in [0.25, 0.3) is 0 Å². The van der Waals surface area contributed by atoms with Crippen molar-refractivity contribution in [1.82, 2.24) is 4.90 Å². The quantitative estimate of drug-likeness (QED) is 0.700. The number of carbonyl (C=O) groups excluding carboxylic acids is 2. The molecule has 0 aromatic heterocycles. The van der Waals surface area contributed by atoms with Crippen LogP contribution in [0.5, 0.6) is 0 Å². The minimum Gasteiger partial charge on any atom is -0.397 e. The van der Waals surface area contributed by atoms with Gasteiger partial charge in [-0.15, -0.1) is 0 Å². The van der Waals surface area contributed by atoms with Crippen LogP contribution in [0, 0.1) is 0 Å². The van der Waals surface area contributed by atoms with Crippen LogP contribution in [-0.4, -0.2) is 36.3 Å². The van der Waals surface area contributed by atoms with Crippen LogP contribution in [-0.2, 0) is 4.79 Å². The first-order valence-electron chi connectivity index (χ1n) is 6.30. The molecule has 6 heteroatoms. The fourth-order valence-electron chi connectivity index (χ4n) is 1.90. The summed E-state index contributed by atoms with van der Waals surface area (Å²) in [6, 6.07) is 5.02. The Bertz CT molecular complexity index is 524. The minimum atomic E-state index is -0.542. The van der Waals surface area contributed by atoms with E-state index >= 15 is 0 Å². The maximum absolute atomic E-state index is 11.9. The Labute approximate surface area is 119 Å². The molecule has 0 aliphatic carbocycles. The molecule has 0 aliphatic rings. The van der Waals surface area contributed by atoms with E-state index in [4.69, 9.17) is 11.5 Å². The monoisotopic (exact) mass is 278 g/mol. The van der Waals surface area contributed by atoms with Gasteiger partial charge in [0.2, 0.25) is 5.91 Å². The standard InChI is InChI=1S/C14H22N4O2/c1-14(2,8-12(16)19)17-11-7-9(5-6-10(11)15)13(20)18(3)4/h5-7,17H,8,15H2,1-4H3,(H2,16,19). The summed E-state index contributed by atoms with van der Waals surface area (Å²) in [4.78, 5) is 24.5. The van der Waals surface area contributed by atoms with Gasteiger partial charge in [-0.3, -0.25) is 9.59 Å². The molecule has 0 unspecified atom stereocenters. The average Bonchev–Trinajstić information content (AvgIpc) is 2.28. The molecule has 20 heavy (non-hydrogen) atoms. The molecule has 1 aromatic carbocycles. The number of carbonyl (C=O) groups is 2. The lowest BCUT2D eigenvalue weighted by molar-refractivity contribution is -0.118. The molecule has 6 nitrogen and oxygen atoms in total. The second kappa shape index (κ2) is 5.81. The molecule has 110 valence electrons. The molecule has 0 spiro atoms. The van der Waals surface area contributed by atoms with Gasteiger partial charge in [0.15, 0.2) is 0 Å². The highest BCUT2D eigenvalue weighted by Crippen LogP contribution is 2.25. The van der Waals surface area contributed by atoms with Gasteiger partial charge in [0.1, 0.15) is 0 Å². The molecule has 0 heterocycles. The molecule has 0 fully saturated rings. The Kier molecular flexibility index (Phi) is 4.60. The SMILES string of the molecule is CN(C)C(=O)c1ccc(N)c(NC(C)(C)CC(N)=O)c1. The number of nitrogens with two attached hydrogens (primary N) is 2. The van der Waals surface area contributed by atoms with Crippen LogP contribution in [0.4, 0.5) is 11.4 Å². The molecule has 5 N–H and O–H groups in total. The zero-order chi connectivity index (χ0) is 15.5. The number of hydrogen-bond donors (Lipinski definition) is 3. The maximum Gasteiger partial charge on any atom is 0.253 e. The Morgan fingerprint density at radius 3 is 2.40 bits per heavy atom. The summed E-state index contributed by atoms with van der Waals surface area (Å²) in [5.41, 5.74) is 12.2. The Balaban J connectivity index is 3.03. The third-order valence-electron chi connectivity index (χ3n) is 2.80. The van der Waals surface area contributed by atoms with E-state index in [-0.39, 0.29) is 12.3 Å². The predicted molar refractivity (Wildman–Crippen MR) is 80.4 cm³/mol. The van der Waals surface area contributed by atoms with Crippen molar-refractivity contribution in [3.8, 4) is 0 Å². The number of amides is 2. The van der Waals surface area contributed by atoms with Gasteiger partial charge in [0.25, 0.3) is 5.91 Å². The van der Waals surface area contributed by atoms with Gasteiger partial charge in [0.05, 0.1) is 11.4 Å². The number of nitrogens with zero attached hydrogens (tertiary/aromatic N) is 1. The summed E-state index contributed by atoms with van der Waals surface area (Å²) < 4.78 is 0. The number of primary amides is 1. The fourth-order valence-corrected chi connectivity index (χ4v) is 1.90. The van der Waals surface area contributed by atoms with Gasteiger partial charge in [-0.1, -0.05) is 0 Å². The van der Waals surface area contributed by atoms with Crippen molar-refractivity contribution in [2.24, 2.45) is 5.73 Å². The van der Waals surface area contributed by atoms with Gasteiger partial charge in [0, 0.05) is 31.6 Å². The largest absolute Gasteiger partial charge is 0.397 e. The van der Waals surface area contributed by atoms with Gasteiger partial charge in [-0.25, -0.2) is 0 Å². The second-order valence-electron chi connectivity index (χ2n) is 5.65. The van der Waals surface area contributed by atoms with Crippen LogP contribution in [0.2, 0.25) is 0 Å². The van der Waals surface area contributed by atoms with E-state index in [2.05, 4.69) is 5.32 Å². The van der Waals surface area contributed by atoms with Crippen molar-refractivity contribution in [3.63, 3.8) is 0 Å². The van der Waals surface area contributed by atoms with Crippen LogP contribution < -0.4 is 16.8 Å². The van der Waals surface area contributed by atoms with Crippen molar-refractivity contribution in [2.75, 3.05) is 25.1 Å². The van der Waals surface area contributed by atoms with Crippen molar-refractivity contribution >= 4 is 23.2 Å². The zero-order valence-electron chi connectivity index (χ0n) is 12.4. The third kappa shape index (κ3) is 4.15. The first kappa shape index (κ1) is 15.8. The summed E-state index contributed by atoms with van der Waals surface area (Å²) >= 11 is 0. The van der Waals surface area contributed by atoms with E-state index in [9.17, 15) is 9.59 Å². The molecule has 1 aromatic rings. The van der Waals surface area contributed by atoms with Crippen molar-refractivity contribution in [3.05, 3.63) is 23.8 Å².